The van der Waals surface area contributed by atoms with E-state index in [0.29, 0.717) is 0 Å². The van der Waals surface area contributed by atoms with E-state index < -0.39 is 0 Å². The molecule has 0 N–H and O–H groups in total. The molecule has 0 saturated heterocycles. The molecule has 0 aliphatic carbocycles. The van der Waals surface area contributed by atoms with Crippen molar-refractivity contribution in [3.05, 3.63) is 120 Å². The minimum atomic E-state index is 0. The van der Waals surface area contributed by atoms with E-state index in [-0.39, 0.29) is 51.0 Å². The molecule has 0 atom stereocenters. The fraction of sp³-hybridized carbons (Fsp3) is 0.167. The van der Waals surface area contributed by atoms with Gasteiger partial charge in [0.15, 0.2) is 0 Å². The SMILES string of the molecule is Cc1ccncc1.Cc1ccncc1.Cc1ccncc1.Cc1ccncc1.[Br-].[Br-].[Fe+2]. The summed E-state index contributed by atoms with van der Waals surface area (Å²) < 4.78 is 0. The van der Waals surface area contributed by atoms with Crippen LogP contribution in [0.25, 0.3) is 0 Å². The van der Waals surface area contributed by atoms with Gasteiger partial charge in [-0.25, -0.2) is 0 Å². The van der Waals surface area contributed by atoms with E-state index in [1.807, 2.05) is 76.2 Å². The van der Waals surface area contributed by atoms with Crippen LogP contribution in [0.1, 0.15) is 22.3 Å². The van der Waals surface area contributed by atoms with Gasteiger partial charge in [0.1, 0.15) is 0 Å². The molecular formula is C24H28Br2FeN4. The molecule has 0 amide bonds. The van der Waals surface area contributed by atoms with E-state index >= 15 is 0 Å². The maximum atomic E-state index is 3.85. The van der Waals surface area contributed by atoms with Gasteiger partial charge in [-0.3, -0.25) is 19.9 Å². The second-order valence-corrected chi connectivity index (χ2v) is 6.10. The maximum Gasteiger partial charge on any atom is 2.00 e. The fourth-order valence-electron chi connectivity index (χ4n) is 1.71. The average Bonchev–Trinajstić information content (AvgIpc) is 2.72. The zero-order valence-electron chi connectivity index (χ0n) is 18.1. The van der Waals surface area contributed by atoms with Crippen LogP contribution in [0.2, 0.25) is 0 Å². The quantitative estimate of drug-likeness (QED) is 0.262. The van der Waals surface area contributed by atoms with Crippen LogP contribution in [0, 0.1) is 27.7 Å². The van der Waals surface area contributed by atoms with Crippen LogP contribution in [0.15, 0.2) is 98.1 Å². The van der Waals surface area contributed by atoms with E-state index in [4.69, 9.17) is 0 Å². The molecule has 0 saturated carbocycles. The third-order valence-corrected chi connectivity index (χ3v) is 3.39. The molecule has 4 rings (SSSR count). The smallest absolute Gasteiger partial charge is 1.00 e. The van der Waals surface area contributed by atoms with Gasteiger partial charge in [-0.2, -0.15) is 0 Å². The van der Waals surface area contributed by atoms with Gasteiger partial charge in [-0.1, -0.05) is 0 Å². The van der Waals surface area contributed by atoms with E-state index in [1.165, 1.54) is 22.3 Å². The van der Waals surface area contributed by atoms with E-state index in [9.17, 15) is 0 Å². The Morgan fingerprint density at radius 3 is 0.548 bits per heavy atom. The van der Waals surface area contributed by atoms with Gasteiger partial charge in [0.2, 0.25) is 0 Å². The van der Waals surface area contributed by atoms with Gasteiger partial charge in [-0.05, 0) is 98.5 Å². The van der Waals surface area contributed by atoms with Crippen molar-refractivity contribution in [1.82, 2.24) is 19.9 Å². The summed E-state index contributed by atoms with van der Waals surface area (Å²) >= 11 is 0. The number of hydrogen-bond acceptors (Lipinski definition) is 4. The Morgan fingerprint density at radius 1 is 0.355 bits per heavy atom. The van der Waals surface area contributed by atoms with Crippen LogP contribution in [-0.2, 0) is 17.1 Å². The molecule has 31 heavy (non-hydrogen) atoms. The Morgan fingerprint density at radius 2 is 0.484 bits per heavy atom. The normalized spacial score (nSPS) is 7.87. The number of halogens is 2. The summed E-state index contributed by atoms with van der Waals surface area (Å²) in [5.41, 5.74) is 5.04. The molecule has 4 aromatic heterocycles. The van der Waals surface area contributed by atoms with Crippen LogP contribution < -0.4 is 34.0 Å². The molecule has 0 bridgehead atoms. The van der Waals surface area contributed by atoms with Crippen molar-refractivity contribution < 1.29 is 51.0 Å². The molecule has 166 valence electrons. The third kappa shape index (κ3) is 21.1. The van der Waals surface area contributed by atoms with Crippen LogP contribution in [0.4, 0.5) is 0 Å². The molecule has 0 spiro atoms. The number of hydrogen-bond donors (Lipinski definition) is 0. The van der Waals surface area contributed by atoms with Crippen molar-refractivity contribution in [2.75, 3.05) is 0 Å². The monoisotopic (exact) mass is 586 g/mol. The molecule has 0 radical (unpaired) electrons. The number of aryl methyl sites for hydroxylation is 4. The van der Waals surface area contributed by atoms with Gasteiger partial charge in [0, 0.05) is 49.6 Å². The summed E-state index contributed by atoms with van der Waals surface area (Å²) in [7, 11) is 0. The van der Waals surface area contributed by atoms with Crippen LogP contribution >= 0.6 is 0 Å². The van der Waals surface area contributed by atoms with Gasteiger partial charge < -0.3 is 34.0 Å². The topological polar surface area (TPSA) is 51.6 Å². The molecule has 4 nitrogen and oxygen atoms in total. The molecule has 4 heterocycles. The predicted molar refractivity (Wildman–Crippen MR) is 116 cm³/mol. The summed E-state index contributed by atoms with van der Waals surface area (Å²) in [6.07, 6.45) is 14.3. The van der Waals surface area contributed by atoms with Crippen LogP contribution in [0.5, 0.6) is 0 Å². The Hall–Kier alpha value is -1.92. The van der Waals surface area contributed by atoms with Crippen molar-refractivity contribution in [1.29, 1.82) is 0 Å². The Labute approximate surface area is 218 Å². The van der Waals surface area contributed by atoms with Crippen LogP contribution in [0.3, 0.4) is 0 Å². The standard InChI is InChI=1S/4C6H7N.2BrH.Fe/c4*1-6-2-4-7-5-3-6;;;/h4*2-5H,1H3;2*1H;/q;;;;;;+2/p-2. The molecule has 0 fully saturated rings. The molecule has 4 aromatic rings. The molecule has 7 heteroatoms. The first kappa shape index (κ1) is 33.7. The van der Waals surface area contributed by atoms with E-state index in [1.54, 1.807) is 49.6 Å². The summed E-state index contributed by atoms with van der Waals surface area (Å²) in [6.45, 7) is 8.17. The van der Waals surface area contributed by atoms with Gasteiger partial charge in [0.05, 0.1) is 0 Å². The first-order valence-electron chi connectivity index (χ1n) is 9.04. The summed E-state index contributed by atoms with van der Waals surface area (Å²) in [6, 6.07) is 15.8. The van der Waals surface area contributed by atoms with Crippen molar-refractivity contribution in [3.63, 3.8) is 0 Å². The maximum absolute atomic E-state index is 3.85. The number of nitrogens with zero attached hydrogens (tertiary/aromatic N) is 4. The Bertz CT molecular complexity index is 703. The largest absolute Gasteiger partial charge is 2.00 e. The molecule has 0 unspecified atom stereocenters. The van der Waals surface area contributed by atoms with E-state index in [0.717, 1.165) is 0 Å². The average molecular weight is 588 g/mol. The summed E-state index contributed by atoms with van der Waals surface area (Å²) in [4.78, 5) is 15.4. The number of rotatable bonds is 0. The van der Waals surface area contributed by atoms with Gasteiger partial charge >= 0.3 is 17.1 Å². The second kappa shape index (κ2) is 22.8. The van der Waals surface area contributed by atoms with Gasteiger partial charge in [0.25, 0.3) is 0 Å². The van der Waals surface area contributed by atoms with E-state index in [2.05, 4.69) is 19.9 Å². The molecule has 0 aromatic carbocycles. The fourth-order valence-corrected chi connectivity index (χ4v) is 1.71. The zero-order chi connectivity index (χ0) is 20.5. The zero-order valence-corrected chi connectivity index (χ0v) is 22.4. The van der Waals surface area contributed by atoms with Crippen molar-refractivity contribution in [2.24, 2.45) is 0 Å². The summed E-state index contributed by atoms with van der Waals surface area (Å²) in [5, 5.41) is 0. The van der Waals surface area contributed by atoms with Crippen LogP contribution in [-0.4, -0.2) is 19.9 Å². The first-order valence-corrected chi connectivity index (χ1v) is 9.04. The minimum absolute atomic E-state index is 0. The number of aromatic nitrogens is 4. The van der Waals surface area contributed by atoms with Crippen molar-refractivity contribution in [3.8, 4) is 0 Å². The molecule has 0 aliphatic heterocycles. The van der Waals surface area contributed by atoms with Crippen molar-refractivity contribution >= 4 is 0 Å². The summed E-state index contributed by atoms with van der Waals surface area (Å²) in [5.74, 6) is 0. The van der Waals surface area contributed by atoms with Crippen molar-refractivity contribution in [2.45, 2.75) is 27.7 Å². The third-order valence-electron chi connectivity index (χ3n) is 3.39. The molecular weight excluding hydrogens is 560 g/mol. The predicted octanol–water partition coefficient (Wildman–Crippen LogP) is -0.434. The Balaban J connectivity index is -0.000000327. The minimum Gasteiger partial charge on any atom is -1.00 e. The Kier molecular flexibility index (Phi) is 24.7. The first-order chi connectivity index (χ1) is 13.6. The number of pyridine rings is 4. The molecule has 0 aliphatic rings. The second-order valence-electron chi connectivity index (χ2n) is 6.10. The van der Waals surface area contributed by atoms with Gasteiger partial charge in [-0.15, -0.1) is 0 Å².